The highest BCUT2D eigenvalue weighted by Crippen LogP contribution is 2.27. The third-order valence-corrected chi connectivity index (χ3v) is 3.06. The van der Waals surface area contributed by atoms with Gasteiger partial charge in [0.25, 0.3) is 0 Å². The van der Waals surface area contributed by atoms with E-state index in [0.29, 0.717) is 0 Å². The quantitative estimate of drug-likeness (QED) is 0.580. The van der Waals surface area contributed by atoms with Crippen molar-refractivity contribution in [2.24, 2.45) is 11.8 Å². The third-order valence-electron chi connectivity index (χ3n) is 3.06. The van der Waals surface area contributed by atoms with Gasteiger partial charge < -0.3 is 0 Å². The van der Waals surface area contributed by atoms with E-state index >= 15 is 0 Å². The summed E-state index contributed by atoms with van der Waals surface area (Å²) in [5, 5.41) is 0. The molecule has 68 valence electrons. The zero-order valence-corrected chi connectivity index (χ0v) is 8.72. The first kappa shape index (κ1) is 9.57. The molecule has 0 aliphatic heterocycles. The molecule has 0 heteroatoms. The minimum atomic E-state index is 0.743. The molecule has 1 aliphatic carbocycles. The Morgan fingerprint density at radius 1 is 1.58 bits per heavy atom. The van der Waals surface area contributed by atoms with Crippen LogP contribution in [0.15, 0.2) is 23.3 Å². The molecule has 0 aromatic carbocycles. The Morgan fingerprint density at radius 3 is 2.75 bits per heavy atom. The van der Waals surface area contributed by atoms with Crippen molar-refractivity contribution >= 4 is 0 Å². The Hall–Kier alpha value is -0.520. The number of hydrogen-bond donors (Lipinski definition) is 0. The molecule has 0 aromatic rings. The largest absolute Gasteiger partial charge is 0.0805 e. The fourth-order valence-electron chi connectivity index (χ4n) is 1.54. The molecule has 0 heterocycles. The van der Waals surface area contributed by atoms with Crippen LogP contribution in [0, 0.1) is 11.8 Å². The van der Waals surface area contributed by atoms with Crippen molar-refractivity contribution < 1.29 is 0 Å². The molecule has 0 saturated heterocycles. The van der Waals surface area contributed by atoms with E-state index in [2.05, 4.69) is 39.8 Å². The van der Waals surface area contributed by atoms with Crippen LogP contribution in [0.3, 0.4) is 0 Å². The summed E-state index contributed by atoms with van der Waals surface area (Å²) in [4.78, 5) is 0. The monoisotopic (exact) mass is 164 g/mol. The van der Waals surface area contributed by atoms with Crippen molar-refractivity contribution in [3.05, 3.63) is 23.3 Å². The molecule has 0 amide bonds. The summed E-state index contributed by atoms with van der Waals surface area (Å²) < 4.78 is 0. The van der Waals surface area contributed by atoms with Crippen LogP contribution in [0.2, 0.25) is 0 Å². The maximum absolute atomic E-state index is 2.41. The van der Waals surface area contributed by atoms with Gasteiger partial charge in [-0.05, 0) is 37.2 Å². The average Bonchev–Trinajstić information content (AvgIpc) is 2.08. The fourth-order valence-corrected chi connectivity index (χ4v) is 1.54. The van der Waals surface area contributed by atoms with E-state index in [4.69, 9.17) is 0 Å². The molecule has 0 bridgehead atoms. The minimum absolute atomic E-state index is 0.743. The van der Waals surface area contributed by atoms with Crippen LogP contribution in [-0.2, 0) is 0 Å². The van der Waals surface area contributed by atoms with Crippen LogP contribution in [0.5, 0.6) is 0 Å². The van der Waals surface area contributed by atoms with Gasteiger partial charge in [-0.1, -0.05) is 38.5 Å². The molecule has 2 atom stereocenters. The van der Waals surface area contributed by atoms with Crippen LogP contribution in [0.1, 0.15) is 40.5 Å². The van der Waals surface area contributed by atoms with Gasteiger partial charge in [0, 0.05) is 0 Å². The summed E-state index contributed by atoms with van der Waals surface area (Å²) in [6, 6.07) is 0. The highest BCUT2D eigenvalue weighted by atomic mass is 14.2. The summed E-state index contributed by atoms with van der Waals surface area (Å²) in [6.45, 7) is 9.12. The molecule has 0 saturated carbocycles. The second kappa shape index (κ2) is 3.93. The normalized spacial score (nSPS) is 26.2. The lowest BCUT2D eigenvalue weighted by atomic mass is 9.86. The van der Waals surface area contributed by atoms with Crippen molar-refractivity contribution in [3.63, 3.8) is 0 Å². The molecule has 0 fully saturated rings. The SMILES string of the molecule is CCC(C)C1=CCC(C)C(C)=C1. The standard InChI is InChI=1S/C12H20/c1-5-9(2)12-7-6-10(3)11(4)8-12/h7-10H,5-6H2,1-4H3. The predicted molar refractivity (Wildman–Crippen MR) is 55.1 cm³/mol. The first-order valence-corrected chi connectivity index (χ1v) is 5.03. The Bertz CT molecular complexity index is 208. The maximum Gasteiger partial charge on any atom is -0.0196 e. The Kier molecular flexibility index (Phi) is 3.13. The predicted octanol–water partition coefficient (Wildman–Crippen LogP) is 3.95. The van der Waals surface area contributed by atoms with E-state index in [1.165, 1.54) is 12.8 Å². The minimum Gasteiger partial charge on any atom is -0.0805 e. The van der Waals surface area contributed by atoms with Gasteiger partial charge in [0.15, 0.2) is 0 Å². The summed E-state index contributed by atoms with van der Waals surface area (Å²) in [5.74, 6) is 1.50. The highest BCUT2D eigenvalue weighted by Gasteiger charge is 2.12. The third kappa shape index (κ3) is 2.00. The molecule has 1 rings (SSSR count). The molecule has 0 N–H and O–H groups in total. The topological polar surface area (TPSA) is 0 Å². The van der Waals surface area contributed by atoms with Crippen molar-refractivity contribution in [2.45, 2.75) is 40.5 Å². The Balaban J connectivity index is 2.71. The van der Waals surface area contributed by atoms with E-state index in [0.717, 1.165) is 11.8 Å². The molecule has 0 radical (unpaired) electrons. The van der Waals surface area contributed by atoms with E-state index in [1.807, 2.05) is 0 Å². The Morgan fingerprint density at radius 2 is 2.25 bits per heavy atom. The van der Waals surface area contributed by atoms with Gasteiger partial charge >= 0.3 is 0 Å². The molecule has 1 aliphatic rings. The van der Waals surface area contributed by atoms with Gasteiger partial charge in [-0.2, -0.15) is 0 Å². The fraction of sp³-hybridized carbons (Fsp3) is 0.667. The molecule has 0 spiro atoms. The first-order chi connectivity index (χ1) is 5.65. The van der Waals surface area contributed by atoms with Gasteiger partial charge in [-0.25, -0.2) is 0 Å². The number of rotatable bonds is 2. The van der Waals surface area contributed by atoms with E-state index in [9.17, 15) is 0 Å². The highest BCUT2D eigenvalue weighted by molar-refractivity contribution is 5.29. The van der Waals surface area contributed by atoms with Crippen molar-refractivity contribution in [1.82, 2.24) is 0 Å². The molecule has 0 aromatic heterocycles. The van der Waals surface area contributed by atoms with Crippen molar-refractivity contribution in [2.75, 3.05) is 0 Å². The average molecular weight is 164 g/mol. The first-order valence-electron chi connectivity index (χ1n) is 5.03. The lowest BCUT2D eigenvalue weighted by molar-refractivity contribution is 0.624. The van der Waals surface area contributed by atoms with Crippen LogP contribution in [0.25, 0.3) is 0 Å². The smallest absolute Gasteiger partial charge is 0.0196 e. The van der Waals surface area contributed by atoms with E-state index in [1.54, 1.807) is 11.1 Å². The van der Waals surface area contributed by atoms with Crippen molar-refractivity contribution in [3.8, 4) is 0 Å². The van der Waals surface area contributed by atoms with E-state index in [-0.39, 0.29) is 0 Å². The maximum atomic E-state index is 2.41. The van der Waals surface area contributed by atoms with Crippen LogP contribution in [-0.4, -0.2) is 0 Å². The molecular formula is C12H20. The van der Waals surface area contributed by atoms with Crippen LogP contribution >= 0.6 is 0 Å². The zero-order valence-electron chi connectivity index (χ0n) is 8.72. The van der Waals surface area contributed by atoms with Crippen LogP contribution < -0.4 is 0 Å². The second-order valence-electron chi connectivity index (χ2n) is 4.04. The van der Waals surface area contributed by atoms with Gasteiger partial charge in [0.1, 0.15) is 0 Å². The van der Waals surface area contributed by atoms with Crippen molar-refractivity contribution in [1.29, 1.82) is 0 Å². The van der Waals surface area contributed by atoms with Gasteiger partial charge in [-0.3, -0.25) is 0 Å². The zero-order chi connectivity index (χ0) is 9.14. The molecule has 12 heavy (non-hydrogen) atoms. The number of allylic oxidation sites excluding steroid dienone is 4. The van der Waals surface area contributed by atoms with E-state index < -0.39 is 0 Å². The number of hydrogen-bond acceptors (Lipinski definition) is 0. The molecular weight excluding hydrogens is 144 g/mol. The second-order valence-corrected chi connectivity index (χ2v) is 4.04. The van der Waals surface area contributed by atoms with Crippen LogP contribution in [0.4, 0.5) is 0 Å². The van der Waals surface area contributed by atoms with Gasteiger partial charge in [0.2, 0.25) is 0 Å². The lowest BCUT2D eigenvalue weighted by Crippen LogP contribution is -2.05. The summed E-state index contributed by atoms with van der Waals surface area (Å²) in [5.41, 5.74) is 3.10. The summed E-state index contributed by atoms with van der Waals surface area (Å²) in [7, 11) is 0. The molecule has 2 unspecified atom stereocenters. The molecule has 0 nitrogen and oxygen atoms in total. The Labute approximate surface area is 76.4 Å². The summed E-state index contributed by atoms with van der Waals surface area (Å²) >= 11 is 0. The van der Waals surface area contributed by atoms with Gasteiger partial charge in [0.05, 0.1) is 0 Å². The summed E-state index contributed by atoms with van der Waals surface area (Å²) in [6.07, 6.45) is 7.28. The van der Waals surface area contributed by atoms with Gasteiger partial charge in [-0.15, -0.1) is 0 Å². The lowest BCUT2D eigenvalue weighted by Gasteiger charge is -2.20.